The van der Waals surface area contributed by atoms with Gasteiger partial charge in [0.1, 0.15) is 5.82 Å². The molecule has 5 nitrogen and oxygen atoms in total. The van der Waals surface area contributed by atoms with Crippen LogP contribution in [0.3, 0.4) is 0 Å². The Bertz CT molecular complexity index is 601. The number of halogens is 1. The zero-order valence-electron chi connectivity index (χ0n) is 13.8. The lowest BCUT2D eigenvalue weighted by Crippen LogP contribution is -2.47. The van der Waals surface area contributed by atoms with E-state index in [-0.39, 0.29) is 11.9 Å². The van der Waals surface area contributed by atoms with Crippen molar-refractivity contribution in [1.29, 1.82) is 0 Å². The van der Waals surface area contributed by atoms with Crippen molar-refractivity contribution in [2.24, 2.45) is 0 Å². The lowest BCUT2D eigenvalue weighted by molar-refractivity contribution is 0.102. The number of sulfonamides is 1. The molecule has 1 atom stereocenters. The smallest absolute Gasteiger partial charge is 0.208 e. The van der Waals surface area contributed by atoms with Crippen LogP contribution in [-0.4, -0.2) is 63.7 Å². The van der Waals surface area contributed by atoms with E-state index in [9.17, 15) is 12.8 Å². The summed E-state index contributed by atoms with van der Waals surface area (Å²) in [7, 11) is -3.09. The Balaban J connectivity index is 1.73. The molecule has 1 N–H and O–H groups in total. The van der Waals surface area contributed by atoms with Crippen molar-refractivity contribution in [3.8, 4) is 0 Å². The fraction of sp³-hybridized carbons (Fsp3) is 0.625. The number of nitrogens with one attached hydrogen (secondary N) is 1. The fourth-order valence-corrected chi connectivity index (χ4v) is 3.43. The van der Waals surface area contributed by atoms with E-state index in [4.69, 9.17) is 0 Å². The third-order valence-electron chi connectivity index (χ3n) is 4.30. The number of nitrogens with zero attached hydrogens (tertiary/aromatic N) is 2. The van der Waals surface area contributed by atoms with Crippen LogP contribution in [0.2, 0.25) is 0 Å². The summed E-state index contributed by atoms with van der Waals surface area (Å²) < 4.78 is 37.9. The molecule has 0 radical (unpaired) electrons. The molecule has 0 unspecified atom stereocenters. The first kappa shape index (κ1) is 18.3. The van der Waals surface area contributed by atoms with Crippen LogP contribution in [0.5, 0.6) is 0 Å². The summed E-state index contributed by atoms with van der Waals surface area (Å²) >= 11 is 0. The minimum absolute atomic E-state index is 0.189. The third-order valence-corrected chi connectivity index (χ3v) is 5.03. The van der Waals surface area contributed by atoms with Crippen molar-refractivity contribution in [2.75, 3.05) is 45.5 Å². The minimum atomic E-state index is -3.09. The first-order chi connectivity index (χ1) is 10.8. The van der Waals surface area contributed by atoms with Crippen molar-refractivity contribution in [3.63, 3.8) is 0 Å². The van der Waals surface area contributed by atoms with E-state index in [1.54, 1.807) is 12.1 Å². The van der Waals surface area contributed by atoms with Gasteiger partial charge in [0.25, 0.3) is 0 Å². The molecule has 0 spiro atoms. The molecule has 0 aromatic heterocycles. The van der Waals surface area contributed by atoms with E-state index in [1.165, 1.54) is 12.3 Å². The van der Waals surface area contributed by atoms with Gasteiger partial charge in [-0.2, -0.15) is 0 Å². The highest BCUT2D eigenvalue weighted by atomic mass is 32.2. The Labute approximate surface area is 138 Å². The van der Waals surface area contributed by atoms with Crippen LogP contribution in [0.25, 0.3) is 0 Å². The normalized spacial score (nSPS) is 18.9. The first-order valence-electron chi connectivity index (χ1n) is 8.01. The fourth-order valence-electron chi connectivity index (χ4n) is 2.91. The van der Waals surface area contributed by atoms with Gasteiger partial charge in [0, 0.05) is 38.8 Å². The van der Waals surface area contributed by atoms with Crippen molar-refractivity contribution in [2.45, 2.75) is 19.4 Å². The topological polar surface area (TPSA) is 52.6 Å². The van der Waals surface area contributed by atoms with Crippen LogP contribution in [0.1, 0.15) is 24.9 Å². The molecule has 1 aliphatic rings. The molecule has 130 valence electrons. The maximum absolute atomic E-state index is 13.3. The minimum Gasteiger partial charge on any atom is -0.301 e. The van der Waals surface area contributed by atoms with Crippen LogP contribution in [0.4, 0.5) is 4.39 Å². The van der Waals surface area contributed by atoms with Gasteiger partial charge in [-0.05, 0) is 37.6 Å². The zero-order valence-corrected chi connectivity index (χ0v) is 14.7. The van der Waals surface area contributed by atoms with Gasteiger partial charge >= 0.3 is 0 Å². The predicted octanol–water partition coefficient (Wildman–Crippen LogP) is 1.44. The van der Waals surface area contributed by atoms with Gasteiger partial charge in [-0.25, -0.2) is 17.5 Å². The number of benzene rings is 1. The third kappa shape index (κ3) is 6.18. The van der Waals surface area contributed by atoms with Crippen LogP contribution in [-0.2, 0) is 10.0 Å². The summed E-state index contributed by atoms with van der Waals surface area (Å²) in [5.41, 5.74) is 1.01. The van der Waals surface area contributed by atoms with E-state index in [0.29, 0.717) is 6.54 Å². The highest BCUT2D eigenvalue weighted by Crippen LogP contribution is 2.22. The molecule has 1 fully saturated rings. The maximum atomic E-state index is 13.3. The summed E-state index contributed by atoms with van der Waals surface area (Å²) in [5.74, 6) is -0.189. The molecule has 1 aromatic carbocycles. The molecule has 1 aromatic rings. The van der Waals surface area contributed by atoms with Crippen molar-refractivity contribution >= 4 is 10.0 Å². The lowest BCUT2D eigenvalue weighted by atomic mass is 10.1. The monoisotopic (exact) mass is 343 g/mol. The average Bonchev–Trinajstić information content (AvgIpc) is 2.50. The second kappa shape index (κ2) is 8.19. The van der Waals surface area contributed by atoms with Gasteiger partial charge < -0.3 is 4.90 Å². The summed E-state index contributed by atoms with van der Waals surface area (Å²) in [5, 5.41) is 0. The van der Waals surface area contributed by atoms with Crippen molar-refractivity contribution in [1.82, 2.24) is 14.5 Å². The van der Waals surface area contributed by atoms with Crippen LogP contribution in [0, 0.1) is 5.82 Å². The molecule has 0 bridgehead atoms. The maximum Gasteiger partial charge on any atom is 0.208 e. The van der Waals surface area contributed by atoms with E-state index in [2.05, 4.69) is 21.4 Å². The standard InChI is InChI=1S/C16H26FN3O2S/c1-14(15-5-3-6-16(17)13-15)20-11-9-19(10-12-20)8-4-7-18-23(2,21)22/h3,5-6,13-14,18H,4,7-12H2,1-2H3/t14-/m1/s1. The van der Waals surface area contributed by atoms with Crippen molar-refractivity contribution < 1.29 is 12.8 Å². The summed E-state index contributed by atoms with van der Waals surface area (Å²) in [6, 6.07) is 7.01. The predicted molar refractivity (Wildman–Crippen MR) is 90.3 cm³/mol. The van der Waals surface area contributed by atoms with E-state index < -0.39 is 10.0 Å². The molecule has 1 heterocycles. The molecule has 1 saturated heterocycles. The van der Waals surface area contributed by atoms with E-state index >= 15 is 0 Å². The first-order valence-corrected chi connectivity index (χ1v) is 9.91. The highest BCUT2D eigenvalue weighted by Gasteiger charge is 2.21. The number of hydrogen-bond donors (Lipinski definition) is 1. The SMILES string of the molecule is C[C@H](c1cccc(F)c1)N1CCN(CCCNS(C)(=O)=O)CC1. The van der Waals surface area contributed by atoms with Gasteiger partial charge in [-0.3, -0.25) is 4.90 Å². The summed E-state index contributed by atoms with van der Waals surface area (Å²) in [4.78, 5) is 4.71. The quantitative estimate of drug-likeness (QED) is 0.761. The van der Waals surface area contributed by atoms with E-state index in [1.807, 2.05) is 6.07 Å². The van der Waals surface area contributed by atoms with Crippen molar-refractivity contribution in [3.05, 3.63) is 35.6 Å². The number of hydrogen-bond acceptors (Lipinski definition) is 4. The second-order valence-electron chi connectivity index (χ2n) is 6.13. The zero-order chi connectivity index (χ0) is 16.9. The highest BCUT2D eigenvalue weighted by molar-refractivity contribution is 7.88. The molecular weight excluding hydrogens is 317 g/mol. The molecule has 2 rings (SSSR count). The Morgan fingerprint density at radius 2 is 1.96 bits per heavy atom. The Morgan fingerprint density at radius 3 is 2.57 bits per heavy atom. The summed E-state index contributed by atoms with van der Waals surface area (Å²) in [6.07, 6.45) is 1.99. The molecule has 7 heteroatoms. The molecule has 0 aliphatic carbocycles. The Kier molecular flexibility index (Phi) is 6.52. The Morgan fingerprint density at radius 1 is 1.26 bits per heavy atom. The van der Waals surface area contributed by atoms with Gasteiger partial charge in [-0.1, -0.05) is 12.1 Å². The van der Waals surface area contributed by atoms with Gasteiger partial charge in [0.05, 0.1) is 6.26 Å². The van der Waals surface area contributed by atoms with Crippen LogP contribution >= 0.6 is 0 Å². The van der Waals surface area contributed by atoms with Gasteiger partial charge in [-0.15, -0.1) is 0 Å². The molecule has 23 heavy (non-hydrogen) atoms. The molecule has 0 amide bonds. The van der Waals surface area contributed by atoms with Gasteiger partial charge in [0.2, 0.25) is 10.0 Å². The number of piperazine rings is 1. The Hall–Kier alpha value is -1.02. The van der Waals surface area contributed by atoms with E-state index in [0.717, 1.165) is 44.7 Å². The second-order valence-corrected chi connectivity index (χ2v) is 7.96. The average molecular weight is 343 g/mol. The molecule has 0 saturated carbocycles. The van der Waals surface area contributed by atoms with Crippen LogP contribution < -0.4 is 4.72 Å². The summed E-state index contributed by atoms with van der Waals surface area (Å²) in [6.45, 7) is 7.29. The molecule has 1 aliphatic heterocycles. The van der Waals surface area contributed by atoms with Crippen LogP contribution in [0.15, 0.2) is 24.3 Å². The molecular formula is C16H26FN3O2S. The lowest BCUT2D eigenvalue weighted by Gasteiger charge is -2.38. The largest absolute Gasteiger partial charge is 0.301 e. The van der Waals surface area contributed by atoms with Gasteiger partial charge in [0.15, 0.2) is 0 Å². The number of rotatable bonds is 7.